The summed E-state index contributed by atoms with van der Waals surface area (Å²) in [5.74, 6) is 0.0615. The molecule has 15 heavy (non-hydrogen) atoms. The number of hydrogen-bond acceptors (Lipinski definition) is 2. The molecule has 0 aliphatic carbocycles. The van der Waals surface area contributed by atoms with Crippen LogP contribution in [-0.2, 0) is 9.22 Å². The van der Waals surface area contributed by atoms with Gasteiger partial charge in [0.1, 0.15) is 0 Å². The fourth-order valence-electron chi connectivity index (χ4n) is 1.81. The Morgan fingerprint density at radius 2 is 1.40 bits per heavy atom. The first-order chi connectivity index (χ1) is 6.78. The van der Waals surface area contributed by atoms with E-state index < -0.39 is 16.4 Å². The van der Waals surface area contributed by atoms with Gasteiger partial charge in [0.2, 0.25) is 8.32 Å². The second kappa shape index (κ2) is 5.84. The van der Waals surface area contributed by atoms with E-state index in [1.165, 1.54) is 18.1 Å². The quantitative estimate of drug-likeness (QED) is 0.665. The minimum Gasteiger partial charge on any atom is -0.520 e. The zero-order valence-electron chi connectivity index (χ0n) is 11.1. The molecule has 0 fully saturated rings. The normalized spacial score (nSPS) is 12.7. The zero-order valence-corrected chi connectivity index (χ0v) is 13.1. The SMILES string of the molecule is CC[Si](CC)(CC)CC(=O)O[Si](C)(C)C. The Labute approximate surface area is 96.5 Å². The van der Waals surface area contributed by atoms with E-state index in [9.17, 15) is 4.79 Å². The molecule has 0 rings (SSSR count). The Kier molecular flexibility index (Phi) is 5.81. The van der Waals surface area contributed by atoms with Gasteiger partial charge < -0.3 is 4.43 Å². The summed E-state index contributed by atoms with van der Waals surface area (Å²) in [6.07, 6.45) is 0. The maximum Gasteiger partial charge on any atom is 0.289 e. The molecule has 2 nitrogen and oxygen atoms in total. The van der Waals surface area contributed by atoms with Crippen LogP contribution in [0.15, 0.2) is 0 Å². The highest BCUT2D eigenvalue weighted by Gasteiger charge is 2.32. The first-order valence-electron chi connectivity index (χ1n) is 6.00. The van der Waals surface area contributed by atoms with Crippen molar-refractivity contribution in [3.8, 4) is 0 Å². The third-order valence-electron chi connectivity index (χ3n) is 3.19. The van der Waals surface area contributed by atoms with Crippen LogP contribution < -0.4 is 0 Å². The lowest BCUT2D eigenvalue weighted by Gasteiger charge is -2.28. The first-order valence-corrected chi connectivity index (χ1v) is 12.2. The molecule has 0 aromatic rings. The van der Waals surface area contributed by atoms with Crippen molar-refractivity contribution in [2.45, 2.75) is 64.6 Å². The molecule has 90 valence electrons. The van der Waals surface area contributed by atoms with Gasteiger partial charge in [-0.15, -0.1) is 0 Å². The van der Waals surface area contributed by atoms with Crippen LogP contribution in [0, 0.1) is 0 Å². The number of carbonyl (C=O) groups is 1. The van der Waals surface area contributed by atoms with Crippen molar-refractivity contribution in [3.63, 3.8) is 0 Å². The third-order valence-corrected chi connectivity index (χ3v) is 9.57. The molecule has 0 aromatic heterocycles. The van der Waals surface area contributed by atoms with Crippen molar-refractivity contribution >= 4 is 22.4 Å². The Balaban J connectivity index is 4.36. The molecule has 4 heteroatoms. The maximum absolute atomic E-state index is 11.8. The lowest BCUT2D eigenvalue weighted by Crippen LogP contribution is -2.38. The average molecular weight is 246 g/mol. The molecule has 0 saturated carbocycles. The summed E-state index contributed by atoms with van der Waals surface area (Å²) in [7, 11) is -3.02. The predicted molar refractivity (Wildman–Crippen MR) is 71.4 cm³/mol. The van der Waals surface area contributed by atoms with Crippen LogP contribution in [0.3, 0.4) is 0 Å². The average Bonchev–Trinajstić information content (AvgIpc) is 2.11. The van der Waals surface area contributed by atoms with Crippen LogP contribution >= 0.6 is 0 Å². The lowest BCUT2D eigenvalue weighted by molar-refractivity contribution is -0.132. The van der Waals surface area contributed by atoms with Gasteiger partial charge in [0.15, 0.2) is 0 Å². The van der Waals surface area contributed by atoms with E-state index in [1.807, 2.05) is 0 Å². The lowest BCUT2D eigenvalue weighted by atomic mass is 10.8. The van der Waals surface area contributed by atoms with E-state index in [4.69, 9.17) is 4.43 Å². The maximum atomic E-state index is 11.8. The minimum atomic E-state index is -1.69. The molecular formula is C11H26O2Si2. The minimum absolute atomic E-state index is 0.0615. The van der Waals surface area contributed by atoms with Gasteiger partial charge in [0.25, 0.3) is 5.97 Å². The van der Waals surface area contributed by atoms with Crippen molar-refractivity contribution in [1.82, 2.24) is 0 Å². The van der Waals surface area contributed by atoms with Crippen LogP contribution in [0.5, 0.6) is 0 Å². The fraction of sp³-hybridized carbons (Fsp3) is 0.909. The molecule has 0 saturated heterocycles. The third kappa shape index (κ3) is 5.51. The van der Waals surface area contributed by atoms with Crippen molar-refractivity contribution < 1.29 is 9.22 Å². The smallest absolute Gasteiger partial charge is 0.289 e. The summed E-state index contributed by atoms with van der Waals surface area (Å²) in [6, 6.07) is 4.31. The van der Waals surface area contributed by atoms with E-state index in [0.29, 0.717) is 0 Å². The number of rotatable bonds is 6. The zero-order chi connectivity index (χ0) is 12.1. The molecule has 0 bridgehead atoms. The molecule has 0 aromatic carbocycles. The van der Waals surface area contributed by atoms with Gasteiger partial charge in [-0.2, -0.15) is 0 Å². The Morgan fingerprint density at radius 1 is 1.00 bits per heavy atom. The van der Waals surface area contributed by atoms with Gasteiger partial charge in [0.05, 0.1) is 8.07 Å². The van der Waals surface area contributed by atoms with Crippen LogP contribution in [0.1, 0.15) is 20.8 Å². The molecule has 0 aliphatic heterocycles. The second-order valence-electron chi connectivity index (χ2n) is 5.32. The molecular weight excluding hydrogens is 220 g/mol. The highest BCUT2D eigenvalue weighted by molar-refractivity contribution is 6.82. The van der Waals surface area contributed by atoms with Gasteiger partial charge >= 0.3 is 0 Å². The van der Waals surface area contributed by atoms with Crippen molar-refractivity contribution in [1.29, 1.82) is 0 Å². The van der Waals surface area contributed by atoms with Gasteiger partial charge in [-0.05, 0) is 19.6 Å². The molecule has 0 radical (unpaired) electrons. The van der Waals surface area contributed by atoms with Gasteiger partial charge in [-0.3, -0.25) is 4.79 Å². The van der Waals surface area contributed by atoms with Crippen LogP contribution in [0.2, 0.25) is 43.8 Å². The predicted octanol–water partition coefficient (Wildman–Crippen LogP) is 3.87. The summed E-state index contributed by atoms with van der Waals surface area (Å²) in [6.45, 7) is 12.9. The molecule has 0 N–H and O–H groups in total. The topological polar surface area (TPSA) is 26.3 Å². The van der Waals surface area contributed by atoms with Gasteiger partial charge in [-0.1, -0.05) is 38.9 Å². The monoisotopic (exact) mass is 246 g/mol. The molecule has 0 atom stereocenters. The summed E-state index contributed by atoms with van der Waals surface area (Å²) in [5.41, 5.74) is 0. The Bertz CT molecular complexity index is 197. The van der Waals surface area contributed by atoms with Crippen molar-refractivity contribution in [2.24, 2.45) is 0 Å². The fourth-order valence-corrected chi connectivity index (χ4v) is 5.64. The molecule has 0 amide bonds. The molecule has 0 spiro atoms. The Hall–Kier alpha value is -0.0962. The summed E-state index contributed by atoms with van der Waals surface area (Å²) in [4.78, 5) is 11.8. The van der Waals surface area contributed by atoms with Gasteiger partial charge in [-0.25, -0.2) is 0 Å². The first kappa shape index (κ1) is 14.9. The van der Waals surface area contributed by atoms with E-state index in [-0.39, 0.29) is 5.97 Å². The van der Waals surface area contributed by atoms with E-state index in [2.05, 4.69) is 40.4 Å². The van der Waals surface area contributed by atoms with Gasteiger partial charge in [0, 0.05) is 6.04 Å². The second-order valence-corrected chi connectivity index (χ2v) is 15.2. The summed E-state index contributed by atoms with van der Waals surface area (Å²) < 4.78 is 5.53. The van der Waals surface area contributed by atoms with E-state index in [0.717, 1.165) is 6.04 Å². The Morgan fingerprint density at radius 3 is 1.67 bits per heavy atom. The van der Waals surface area contributed by atoms with Crippen LogP contribution in [-0.4, -0.2) is 22.4 Å². The number of carbonyl (C=O) groups excluding carboxylic acids is 1. The summed E-state index contributed by atoms with van der Waals surface area (Å²) in [5, 5.41) is 0. The van der Waals surface area contributed by atoms with Crippen molar-refractivity contribution in [2.75, 3.05) is 0 Å². The highest BCUT2D eigenvalue weighted by Crippen LogP contribution is 2.26. The molecule has 0 heterocycles. The van der Waals surface area contributed by atoms with Crippen LogP contribution in [0.25, 0.3) is 0 Å². The standard InChI is InChI=1S/C11H26O2Si2/c1-7-15(8-2,9-3)10-11(12)13-14(4,5)6/h7-10H2,1-6H3. The summed E-state index contributed by atoms with van der Waals surface area (Å²) >= 11 is 0. The molecule has 0 aliphatic rings. The van der Waals surface area contributed by atoms with Crippen molar-refractivity contribution in [3.05, 3.63) is 0 Å². The number of hydrogen-bond donors (Lipinski definition) is 0. The highest BCUT2D eigenvalue weighted by atomic mass is 28.4. The largest absolute Gasteiger partial charge is 0.520 e. The molecule has 0 unspecified atom stereocenters. The van der Waals surface area contributed by atoms with E-state index >= 15 is 0 Å². The van der Waals surface area contributed by atoms with E-state index in [1.54, 1.807) is 0 Å². The van der Waals surface area contributed by atoms with Crippen LogP contribution in [0.4, 0.5) is 0 Å².